The Morgan fingerprint density at radius 3 is 2.83 bits per heavy atom. The first-order valence-electron chi connectivity index (χ1n) is 7.69. The lowest BCUT2D eigenvalue weighted by atomic mass is 9.98. The maximum absolute atomic E-state index is 12.1. The first-order valence-corrected chi connectivity index (χ1v) is 8.51. The van der Waals surface area contributed by atoms with Crippen LogP contribution in [0.1, 0.15) is 29.5 Å². The molecule has 0 radical (unpaired) electrons. The van der Waals surface area contributed by atoms with Crippen molar-refractivity contribution in [3.8, 4) is 0 Å². The second kappa shape index (κ2) is 6.91. The third-order valence-electron chi connectivity index (χ3n) is 3.80. The highest BCUT2D eigenvalue weighted by Gasteiger charge is 2.23. The molecule has 0 aliphatic heterocycles. The van der Waals surface area contributed by atoms with Gasteiger partial charge in [-0.25, -0.2) is 4.98 Å². The Balaban J connectivity index is 1.61. The number of benzene rings is 1. The summed E-state index contributed by atoms with van der Waals surface area (Å²) in [5, 5.41) is 6.49. The topological polar surface area (TPSA) is 71.1 Å². The maximum Gasteiger partial charge on any atom is 0.230 e. The Bertz CT molecular complexity index is 712. The van der Waals surface area contributed by atoms with E-state index in [1.807, 2.05) is 30.3 Å². The zero-order valence-electron chi connectivity index (χ0n) is 13.0. The molecule has 23 heavy (non-hydrogen) atoms. The molecule has 120 valence electrons. The predicted octanol–water partition coefficient (Wildman–Crippen LogP) is 2.32. The average molecular weight is 329 g/mol. The summed E-state index contributed by atoms with van der Waals surface area (Å²) in [4.78, 5) is 28.9. The van der Waals surface area contributed by atoms with E-state index >= 15 is 0 Å². The highest BCUT2D eigenvalue weighted by molar-refractivity contribution is 7.15. The number of aromatic nitrogens is 1. The average Bonchev–Trinajstić information content (AvgIpc) is 2.88. The van der Waals surface area contributed by atoms with Crippen LogP contribution in [0.15, 0.2) is 30.3 Å². The van der Waals surface area contributed by atoms with E-state index < -0.39 is 0 Å². The molecule has 0 saturated heterocycles. The van der Waals surface area contributed by atoms with Gasteiger partial charge < -0.3 is 10.6 Å². The summed E-state index contributed by atoms with van der Waals surface area (Å²) in [7, 11) is 0. The second-order valence-electron chi connectivity index (χ2n) is 5.74. The Kier molecular flexibility index (Phi) is 4.71. The lowest BCUT2D eigenvalue weighted by molar-refractivity contribution is -0.119. The lowest BCUT2D eigenvalue weighted by Gasteiger charge is -2.21. The van der Waals surface area contributed by atoms with Crippen LogP contribution in [0.5, 0.6) is 0 Å². The van der Waals surface area contributed by atoms with Gasteiger partial charge in [-0.15, -0.1) is 11.3 Å². The van der Waals surface area contributed by atoms with Crippen LogP contribution in [0.3, 0.4) is 0 Å². The van der Waals surface area contributed by atoms with E-state index in [9.17, 15) is 9.59 Å². The molecule has 1 aliphatic rings. The predicted molar refractivity (Wildman–Crippen MR) is 90.5 cm³/mol. The molecule has 0 fully saturated rings. The van der Waals surface area contributed by atoms with E-state index in [1.165, 1.54) is 18.3 Å². The minimum Gasteiger partial charge on any atom is -0.353 e. The van der Waals surface area contributed by atoms with Gasteiger partial charge in [-0.1, -0.05) is 30.3 Å². The van der Waals surface area contributed by atoms with E-state index in [1.54, 1.807) is 0 Å². The zero-order valence-corrected chi connectivity index (χ0v) is 13.8. The number of hydrogen-bond donors (Lipinski definition) is 2. The van der Waals surface area contributed by atoms with Crippen LogP contribution >= 0.6 is 11.3 Å². The number of rotatable bonds is 4. The third-order valence-corrected chi connectivity index (χ3v) is 4.84. The van der Waals surface area contributed by atoms with Crippen LogP contribution in [0.25, 0.3) is 0 Å². The minimum atomic E-state index is -0.0549. The van der Waals surface area contributed by atoms with Crippen LogP contribution in [-0.2, 0) is 28.9 Å². The Labute approximate surface area is 139 Å². The number of nitrogens with one attached hydrogen (secondary N) is 2. The van der Waals surface area contributed by atoms with Gasteiger partial charge in [0.25, 0.3) is 0 Å². The number of carbonyl (C=O) groups is 2. The molecule has 1 aromatic heterocycles. The molecule has 1 unspecified atom stereocenters. The van der Waals surface area contributed by atoms with Crippen molar-refractivity contribution >= 4 is 28.3 Å². The molecule has 1 aliphatic carbocycles. The lowest BCUT2D eigenvalue weighted by Crippen LogP contribution is -2.37. The Morgan fingerprint density at radius 1 is 1.30 bits per heavy atom. The molecule has 0 spiro atoms. The monoisotopic (exact) mass is 329 g/mol. The molecular weight excluding hydrogens is 310 g/mol. The van der Waals surface area contributed by atoms with Gasteiger partial charge in [0.15, 0.2) is 5.13 Å². The van der Waals surface area contributed by atoms with Crippen LogP contribution < -0.4 is 10.6 Å². The normalized spacial score (nSPS) is 16.5. The molecule has 0 bridgehead atoms. The van der Waals surface area contributed by atoms with Gasteiger partial charge in [0, 0.05) is 24.3 Å². The van der Waals surface area contributed by atoms with Crippen molar-refractivity contribution < 1.29 is 9.59 Å². The van der Waals surface area contributed by atoms with Gasteiger partial charge in [0.05, 0.1) is 12.1 Å². The minimum absolute atomic E-state index is 0.000599. The van der Waals surface area contributed by atoms with Gasteiger partial charge in [0.1, 0.15) is 0 Å². The van der Waals surface area contributed by atoms with Crippen molar-refractivity contribution in [1.29, 1.82) is 0 Å². The summed E-state index contributed by atoms with van der Waals surface area (Å²) in [5.41, 5.74) is 2.03. The van der Waals surface area contributed by atoms with Gasteiger partial charge >= 0.3 is 0 Å². The summed E-state index contributed by atoms with van der Waals surface area (Å²) in [6.07, 6.45) is 2.87. The van der Waals surface area contributed by atoms with Crippen molar-refractivity contribution in [1.82, 2.24) is 10.3 Å². The van der Waals surface area contributed by atoms with E-state index in [0.29, 0.717) is 11.6 Å². The molecular formula is C17H19N3O2S. The Hall–Kier alpha value is -2.21. The zero-order chi connectivity index (χ0) is 16.2. The van der Waals surface area contributed by atoms with Crippen LogP contribution in [-0.4, -0.2) is 22.8 Å². The van der Waals surface area contributed by atoms with E-state index in [4.69, 9.17) is 0 Å². The molecule has 3 rings (SSSR count). The quantitative estimate of drug-likeness (QED) is 0.904. The molecule has 1 atom stereocenters. The number of amides is 2. The van der Waals surface area contributed by atoms with E-state index in [2.05, 4.69) is 15.6 Å². The molecule has 6 heteroatoms. The number of hydrogen-bond acceptors (Lipinski definition) is 4. The largest absolute Gasteiger partial charge is 0.353 e. The fraction of sp³-hybridized carbons (Fsp3) is 0.353. The molecule has 0 saturated carbocycles. The van der Waals surface area contributed by atoms with Crippen molar-refractivity contribution in [2.45, 2.75) is 38.6 Å². The molecule has 2 aromatic rings. The molecule has 5 nitrogen and oxygen atoms in total. The SMILES string of the molecule is CC(=O)NC1CCc2nc(NC(=O)Cc3ccccc3)sc2C1. The number of fused-ring (bicyclic) bond motifs is 1. The summed E-state index contributed by atoms with van der Waals surface area (Å²) in [6.45, 7) is 1.54. The summed E-state index contributed by atoms with van der Waals surface area (Å²) in [5.74, 6) is -0.0555. The second-order valence-corrected chi connectivity index (χ2v) is 6.82. The first kappa shape index (κ1) is 15.7. The Morgan fingerprint density at radius 2 is 2.09 bits per heavy atom. The van der Waals surface area contributed by atoms with Crippen LogP contribution in [0, 0.1) is 0 Å². The van der Waals surface area contributed by atoms with E-state index in [-0.39, 0.29) is 17.9 Å². The van der Waals surface area contributed by atoms with Gasteiger partial charge in [-0.2, -0.15) is 0 Å². The number of thiazole rings is 1. The first-order chi connectivity index (χ1) is 11.1. The van der Waals surface area contributed by atoms with Gasteiger partial charge in [-0.05, 0) is 18.4 Å². The fourth-order valence-corrected chi connectivity index (χ4v) is 3.89. The van der Waals surface area contributed by atoms with Crippen LogP contribution in [0.4, 0.5) is 5.13 Å². The summed E-state index contributed by atoms with van der Waals surface area (Å²) >= 11 is 1.51. The number of anilines is 1. The number of aryl methyl sites for hydroxylation is 1. The van der Waals surface area contributed by atoms with Gasteiger partial charge in [0.2, 0.25) is 11.8 Å². The van der Waals surface area contributed by atoms with Crippen molar-refractivity contribution in [3.05, 3.63) is 46.5 Å². The molecule has 1 aromatic carbocycles. The van der Waals surface area contributed by atoms with Crippen molar-refractivity contribution in [2.24, 2.45) is 0 Å². The highest BCUT2D eigenvalue weighted by atomic mass is 32.1. The number of nitrogens with zero attached hydrogens (tertiary/aromatic N) is 1. The summed E-state index contributed by atoms with van der Waals surface area (Å²) < 4.78 is 0. The van der Waals surface area contributed by atoms with Crippen molar-refractivity contribution in [3.63, 3.8) is 0 Å². The number of carbonyl (C=O) groups excluding carboxylic acids is 2. The van der Waals surface area contributed by atoms with Crippen molar-refractivity contribution in [2.75, 3.05) is 5.32 Å². The summed E-state index contributed by atoms with van der Waals surface area (Å²) in [6, 6.07) is 9.82. The fourth-order valence-electron chi connectivity index (χ4n) is 2.78. The van der Waals surface area contributed by atoms with Crippen LogP contribution in [0.2, 0.25) is 0 Å². The molecule has 1 heterocycles. The third kappa shape index (κ3) is 4.16. The van der Waals surface area contributed by atoms with Gasteiger partial charge in [-0.3, -0.25) is 9.59 Å². The maximum atomic E-state index is 12.1. The molecule has 2 N–H and O–H groups in total. The smallest absolute Gasteiger partial charge is 0.230 e. The standard InChI is InChI=1S/C17H19N3O2S/c1-11(21)18-13-7-8-14-15(10-13)23-17(19-14)20-16(22)9-12-5-3-2-4-6-12/h2-6,13H,7-10H2,1H3,(H,18,21)(H,19,20,22). The molecule has 2 amide bonds. The highest BCUT2D eigenvalue weighted by Crippen LogP contribution is 2.29. The van der Waals surface area contributed by atoms with E-state index in [0.717, 1.165) is 35.4 Å².